The van der Waals surface area contributed by atoms with Crippen molar-refractivity contribution in [3.8, 4) is 0 Å². The van der Waals surface area contributed by atoms with Gasteiger partial charge in [-0.15, -0.1) is 0 Å². The van der Waals surface area contributed by atoms with Gasteiger partial charge in [0.25, 0.3) is 5.91 Å². The number of rotatable bonds is 2. The third-order valence-corrected chi connectivity index (χ3v) is 3.73. The van der Waals surface area contributed by atoms with Crippen LogP contribution in [0.25, 0.3) is 10.9 Å². The summed E-state index contributed by atoms with van der Waals surface area (Å²) in [4.78, 5) is 12.5. The minimum Gasteiger partial charge on any atom is -0.322 e. The van der Waals surface area contributed by atoms with E-state index in [9.17, 15) is 4.79 Å². The molecule has 2 aromatic carbocycles. The van der Waals surface area contributed by atoms with Gasteiger partial charge in [-0.2, -0.15) is 5.10 Å². The van der Waals surface area contributed by atoms with E-state index >= 15 is 0 Å². The minimum absolute atomic E-state index is 0.101. The fourth-order valence-corrected chi connectivity index (χ4v) is 2.48. The number of benzene rings is 2. The summed E-state index contributed by atoms with van der Waals surface area (Å²) in [5.41, 5.74) is 4.58. The maximum Gasteiger partial charge on any atom is 0.255 e. The number of carbonyl (C=O) groups excluding carboxylic acids is 1. The van der Waals surface area contributed by atoms with E-state index in [0.717, 1.165) is 27.7 Å². The number of aryl methyl sites for hydroxylation is 3. The first-order valence-electron chi connectivity index (χ1n) is 6.85. The van der Waals surface area contributed by atoms with Crippen LogP contribution in [0.2, 0.25) is 0 Å². The van der Waals surface area contributed by atoms with E-state index in [1.54, 1.807) is 10.9 Å². The molecule has 1 aromatic heterocycles. The summed E-state index contributed by atoms with van der Waals surface area (Å²) in [5.74, 6) is -0.101. The van der Waals surface area contributed by atoms with Crippen LogP contribution in [0.5, 0.6) is 0 Å². The van der Waals surface area contributed by atoms with E-state index in [-0.39, 0.29) is 5.91 Å². The molecule has 0 aliphatic carbocycles. The van der Waals surface area contributed by atoms with E-state index in [0.29, 0.717) is 5.56 Å². The van der Waals surface area contributed by atoms with Crippen molar-refractivity contribution in [2.24, 2.45) is 7.05 Å². The number of amides is 1. The molecule has 0 unspecified atom stereocenters. The molecular weight excluding hydrogens is 262 g/mol. The maximum absolute atomic E-state index is 12.5. The lowest BCUT2D eigenvalue weighted by Gasteiger charge is -2.11. The molecule has 0 aliphatic heterocycles. The van der Waals surface area contributed by atoms with E-state index in [4.69, 9.17) is 0 Å². The zero-order valence-electron chi connectivity index (χ0n) is 12.3. The van der Waals surface area contributed by atoms with Crippen molar-refractivity contribution < 1.29 is 4.79 Å². The van der Waals surface area contributed by atoms with Gasteiger partial charge < -0.3 is 5.32 Å². The number of nitrogens with zero attached hydrogens (tertiary/aromatic N) is 2. The molecule has 4 heteroatoms. The molecule has 1 N–H and O–H groups in total. The highest BCUT2D eigenvalue weighted by Crippen LogP contribution is 2.21. The molecule has 0 aliphatic rings. The van der Waals surface area contributed by atoms with Gasteiger partial charge in [0.2, 0.25) is 0 Å². The summed E-state index contributed by atoms with van der Waals surface area (Å²) < 4.78 is 1.77. The summed E-state index contributed by atoms with van der Waals surface area (Å²) >= 11 is 0. The van der Waals surface area contributed by atoms with Crippen LogP contribution in [0.4, 0.5) is 5.69 Å². The fraction of sp³-hybridized carbons (Fsp3) is 0.176. The van der Waals surface area contributed by atoms with Crippen molar-refractivity contribution in [2.75, 3.05) is 5.32 Å². The van der Waals surface area contributed by atoms with Crippen LogP contribution in [0.3, 0.4) is 0 Å². The van der Waals surface area contributed by atoms with Gasteiger partial charge in [-0.25, -0.2) is 0 Å². The summed E-state index contributed by atoms with van der Waals surface area (Å²) in [7, 11) is 1.87. The second kappa shape index (κ2) is 5.05. The van der Waals surface area contributed by atoms with Crippen LogP contribution in [0.1, 0.15) is 21.5 Å². The SMILES string of the molecule is Cc1cccc(C)c1NC(=O)c1ccc2cnn(C)c2c1. The number of fused-ring (bicyclic) bond motifs is 1. The zero-order valence-corrected chi connectivity index (χ0v) is 12.3. The summed E-state index contributed by atoms with van der Waals surface area (Å²) in [6.45, 7) is 3.99. The van der Waals surface area contributed by atoms with E-state index in [1.807, 2.05) is 57.3 Å². The molecule has 1 amide bonds. The molecule has 0 spiro atoms. The highest BCUT2D eigenvalue weighted by atomic mass is 16.1. The van der Waals surface area contributed by atoms with Crippen molar-refractivity contribution in [1.82, 2.24) is 9.78 Å². The fourth-order valence-electron chi connectivity index (χ4n) is 2.48. The van der Waals surface area contributed by atoms with Crippen LogP contribution >= 0.6 is 0 Å². The molecule has 0 saturated heterocycles. The van der Waals surface area contributed by atoms with Gasteiger partial charge in [-0.3, -0.25) is 9.48 Å². The second-order valence-electron chi connectivity index (χ2n) is 5.26. The van der Waals surface area contributed by atoms with Gasteiger partial charge in [0.1, 0.15) is 0 Å². The van der Waals surface area contributed by atoms with Crippen molar-refractivity contribution in [3.63, 3.8) is 0 Å². The molecular formula is C17H17N3O. The van der Waals surface area contributed by atoms with Crippen LogP contribution in [0.15, 0.2) is 42.6 Å². The Morgan fingerprint density at radius 2 is 1.86 bits per heavy atom. The number of aromatic nitrogens is 2. The summed E-state index contributed by atoms with van der Waals surface area (Å²) in [5, 5.41) is 8.22. The quantitative estimate of drug-likeness (QED) is 0.781. The van der Waals surface area contributed by atoms with Crippen LogP contribution in [0, 0.1) is 13.8 Å². The lowest BCUT2D eigenvalue weighted by Crippen LogP contribution is -2.13. The van der Waals surface area contributed by atoms with Gasteiger partial charge in [-0.1, -0.05) is 24.3 Å². The number of carbonyl (C=O) groups is 1. The third kappa shape index (κ3) is 2.40. The molecule has 21 heavy (non-hydrogen) atoms. The zero-order chi connectivity index (χ0) is 15.0. The molecule has 3 aromatic rings. The van der Waals surface area contributed by atoms with E-state index in [1.165, 1.54) is 0 Å². The van der Waals surface area contributed by atoms with Crippen LogP contribution in [-0.2, 0) is 7.05 Å². The monoisotopic (exact) mass is 279 g/mol. The van der Waals surface area contributed by atoms with E-state index in [2.05, 4.69) is 10.4 Å². The normalized spacial score (nSPS) is 10.8. The Hall–Kier alpha value is -2.62. The predicted molar refractivity (Wildman–Crippen MR) is 84.6 cm³/mol. The molecule has 1 heterocycles. The Morgan fingerprint density at radius 1 is 1.14 bits per heavy atom. The first-order valence-corrected chi connectivity index (χ1v) is 6.85. The largest absolute Gasteiger partial charge is 0.322 e. The maximum atomic E-state index is 12.5. The summed E-state index contributed by atoms with van der Waals surface area (Å²) in [6, 6.07) is 11.6. The third-order valence-electron chi connectivity index (χ3n) is 3.73. The highest BCUT2D eigenvalue weighted by molar-refractivity contribution is 6.06. The Balaban J connectivity index is 1.95. The van der Waals surface area contributed by atoms with Crippen LogP contribution in [-0.4, -0.2) is 15.7 Å². The number of nitrogens with one attached hydrogen (secondary N) is 1. The second-order valence-corrected chi connectivity index (χ2v) is 5.26. The highest BCUT2D eigenvalue weighted by Gasteiger charge is 2.11. The van der Waals surface area contributed by atoms with Gasteiger partial charge in [0.05, 0.1) is 11.7 Å². The predicted octanol–water partition coefficient (Wildman–Crippen LogP) is 3.44. The van der Waals surface area contributed by atoms with Crippen molar-refractivity contribution in [1.29, 1.82) is 0 Å². The smallest absolute Gasteiger partial charge is 0.255 e. The van der Waals surface area contributed by atoms with Crippen molar-refractivity contribution in [3.05, 3.63) is 59.3 Å². The average molecular weight is 279 g/mol. The number of hydrogen-bond acceptors (Lipinski definition) is 2. The number of anilines is 1. The Bertz CT molecular complexity index is 813. The van der Waals surface area contributed by atoms with Crippen molar-refractivity contribution in [2.45, 2.75) is 13.8 Å². The Morgan fingerprint density at radius 3 is 2.57 bits per heavy atom. The minimum atomic E-state index is -0.101. The Kier molecular flexibility index (Phi) is 3.22. The molecule has 0 atom stereocenters. The number of hydrogen-bond donors (Lipinski definition) is 1. The van der Waals surface area contributed by atoms with Crippen LogP contribution < -0.4 is 5.32 Å². The topological polar surface area (TPSA) is 46.9 Å². The first kappa shape index (κ1) is 13.4. The van der Waals surface area contributed by atoms with Gasteiger partial charge in [0.15, 0.2) is 0 Å². The van der Waals surface area contributed by atoms with Gasteiger partial charge in [0, 0.05) is 23.7 Å². The number of para-hydroxylation sites is 1. The molecule has 4 nitrogen and oxygen atoms in total. The van der Waals surface area contributed by atoms with Gasteiger partial charge in [-0.05, 0) is 37.1 Å². The molecule has 0 fully saturated rings. The average Bonchev–Trinajstić information content (AvgIpc) is 2.84. The van der Waals surface area contributed by atoms with Crippen molar-refractivity contribution >= 4 is 22.5 Å². The molecule has 0 bridgehead atoms. The van der Waals surface area contributed by atoms with E-state index < -0.39 is 0 Å². The Labute approximate surface area is 123 Å². The lowest BCUT2D eigenvalue weighted by atomic mass is 10.1. The molecule has 0 radical (unpaired) electrons. The molecule has 3 rings (SSSR count). The summed E-state index contributed by atoms with van der Waals surface area (Å²) in [6.07, 6.45) is 1.79. The molecule has 0 saturated carbocycles. The van der Waals surface area contributed by atoms with Gasteiger partial charge >= 0.3 is 0 Å². The lowest BCUT2D eigenvalue weighted by molar-refractivity contribution is 0.102. The standard InChI is InChI=1S/C17H17N3O/c1-11-5-4-6-12(2)16(11)19-17(21)13-7-8-14-10-18-20(3)15(14)9-13/h4-10H,1-3H3,(H,19,21). The molecule has 106 valence electrons. The first-order chi connectivity index (χ1) is 10.1.